The van der Waals surface area contributed by atoms with Crippen LogP contribution >= 0.6 is 19.4 Å². The molecule has 12 heteroatoms. The van der Waals surface area contributed by atoms with E-state index in [0.29, 0.717) is 18.1 Å². The minimum atomic E-state index is -4.64. The second-order valence-electron chi connectivity index (χ2n) is 6.14. The average Bonchev–Trinajstić information content (AvgIpc) is 2.61. The first-order valence-corrected chi connectivity index (χ1v) is 12.7. The van der Waals surface area contributed by atoms with E-state index < -0.39 is 17.7 Å². The standard InChI is InChI=1S/C17H24ClN3O2S.H3O4P/c1-3-21(4-2)10-12-24(22,23)11-9-20-16-7-8-19-17-13-14(18)5-6-15(16)17;1-5(2,3)4/h5-8,13H,3-4,9-12H2,1-2H3,(H,19,20);(H3,1,2,3,4). The number of anilines is 1. The van der Waals surface area contributed by atoms with Gasteiger partial charge in [-0.15, -0.1) is 0 Å². The van der Waals surface area contributed by atoms with Crippen LogP contribution in [0.4, 0.5) is 5.69 Å². The summed E-state index contributed by atoms with van der Waals surface area (Å²) in [7, 11) is -7.71. The topological polar surface area (TPSA) is 140 Å². The Morgan fingerprint density at radius 1 is 1.14 bits per heavy atom. The first-order valence-electron chi connectivity index (χ1n) is 8.94. The van der Waals surface area contributed by atoms with Gasteiger partial charge in [-0.05, 0) is 37.4 Å². The number of benzene rings is 1. The molecule has 0 saturated carbocycles. The lowest BCUT2D eigenvalue weighted by Crippen LogP contribution is -2.30. The van der Waals surface area contributed by atoms with Crippen LogP contribution in [-0.4, -0.2) is 70.7 Å². The van der Waals surface area contributed by atoms with Crippen molar-refractivity contribution in [2.45, 2.75) is 13.8 Å². The molecule has 0 bridgehead atoms. The van der Waals surface area contributed by atoms with Gasteiger partial charge < -0.3 is 24.9 Å². The molecule has 0 aliphatic carbocycles. The van der Waals surface area contributed by atoms with E-state index in [4.69, 9.17) is 30.8 Å². The van der Waals surface area contributed by atoms with Crippen molar-refractivity contribution in [3.8, 4) is 0 Å². The van der Waals surface area contributed by atoms with Gasteiger partial charge in [0, 0.05) is 35.4 Å². The van der Waals surface area contributed by atoms with Gasteiger partial charge in [-0.1, -0.05) is 25.4 Å². The molecule has 2 aromatic rings. The molecule has 1 aromatic carbocycles. The fourth-order valence-electron chi connectivity index (χ4n) is 2.53. The molecule has 4 N–H and O–H groups in total. The molecule has 1 heterocycles. The van der Waals surface area contributed by atoms with Crippen molar-refractivity contribution in [2.75, 3.05) is 43.0 Å². The van der Waals surface area contributed by atoms with Crippen LogP contribution in [0.25, 0.3) is 10.9 Å². The Bertz CT molecular complexity index is 926. The Morgan fingerprint density at radius 3 is 2.34 bits per heavy atom. The Balaban J connectivity index is 0.000000749. The molecule has 0 aliphatic rings. The second kappa shape index (κ2) is 11.8. The van der Waals surface area contributed by atoms with Crippen LogP contribution in [0, 0.1) is 0 Å². The number of nitrogens with one attached hydrogen (secondary N) is 1. The molecule has 0 spiro atoms. The summed E-state index contributed by atoms with van der Waals surface area (Å²) in [5.74, 6) is 0.314. The molecule has 0 fully saturated rings. The summed E-state index contributed by atoms with van der Waals surface area (Å²) in [5.41, 5.74) is 1.66. The molecule has 0 saturated heterocycles. The highest BCUT2D eigenvalue weighted by molar-refractivity contribution is 7.91. The maximum absolute atomic E-state index is 12.2. The number of fused-ring (bicyclic) bond motifs is 1. The van der Waals surface area contributed by atoms with E-state index >= 15 is 0 Å². The zero-order valence-corrected chi connectivity index (χ0v) is 18.8. The lowest BCUT2D eigenvalue weighted by atomic mass is 10.2. The predicted molar refractivity (Wildman–Crippen MR) is 116 cm³/mol. The van der Waals surface area contributed by atoms with Gasteiger partial charge in [-0.3, -0.25) is 4.98 Å². The maximum atomic E-state index is 12.2. The molecular weight excluding hydrogens is 441 g/mol. The minimum absolute atomic E-state index is 0.117. The van der Waals surface area contributed by atoms with Crippen LogP contribution in [-0.2, 0) is 14.4 Å². The van der Waals surface area contributed by atoms with Crippen LogP contribution in [0.5, 0.6) is 0 Å². The van der Waals surface area contributed by atoms with Crippen molar-refractivity contribution in [1.82, 2.24) is 9.88 Å². The van der Waals surface area contributed by atoms with Gasteiger partial charge in [-0.25, -0.2) is 13.0 Å². The van der Waals surface area contributed by atoms with Gasteiger partial charge >= 0.3 is 7.82 Å². The number of halogens is 1. The van der Waals surface area contributed by atoms with E-state index in [-0.39, 0.29) is 11.5 Å². The molecular formula is C17H27ClN3O6PS. The molecule has 29 heavy (non-hydrogen) atoms. The first-order chi connectivity index (χ1) is 13.4. The molecule has 1 aromatic heterocycles. The van der Waals surface area contributed by atoms with E-state index in [9.17, 15) is 8.42 Å². The monoisotopic (exact) mass is 467 g/mol. The fourth-order valence-corrected chi connectivity index (χ4v) is 3.85. The summed E-state index contributed by atoms with van der Waals surface area (Å²) in [4.78, 5) is 28.0. The molecule has 9 nitrogen and oxygen atoms in total. The summed E-state index contributed by atoms with van der Waals surface area (Å²) in [5, 5.41) is 4.77. The number of nitrogens with zero attached hydrogens (tertiary/aromatic N) is 2. The van der Waals surface area contributed by atoms with Crippen molar-refractivity contribution >= 4 is 45.9 Å². The van der Waals surface area contributed by atoms with Gasteiger partial charge in [0.15, 0.2) is 9.84 Å². The fraction of sp³-hybridized carbons (Fsp3) is 0.471. The van der Waals surface area contributed by atoms with Crippen LogP contribution in [0.15, 0.2) is 30.5 Å². The molecule has 0 amide bonds. The third kappa shape index (κ3) is 10.9. The Kier molecular flexibility index (Phi) is 10.5. The maximum Gasteiger partial charge on any atom is 0.466 e. The van der Waals surface area contributed by atoms with E-state index in [0.717, 1.165) is 29.7 Å². The number of aromatic nitrogens is 1. The smallest absolute Gasteiger partial charge is 0.383 e. The second-order valence-corrected chi connectivity index (χ2v) is 9.91. The molecule has 0 atom stereocenters. The molecule has 0 radical (unpaired) electrons. The van der Waals surface area contributed by atoms with Gasteiger partial charge in [0.1, 0.15) is 0 Å². The number of hydrogen-bond donors (Lipinski definition) is 4. The van der Waals surface area contributed by atoms with Gasteiger partial charge in [0.2, 0.25) is 0 Å². The van der Waals surface area contributed by atoms with Crippen LogP contribution in [0.3, 0.4) is 0 Å². The normalized spacial score (nSPS) is 12.0. The number of phosphoric acid groups is 1. The molecule has 2 rings (SSSR count). The zero-order valence-electron chi connectivity index (χ0n) is 16.3. The van der Waals surface area contributed by atoms with Gasteiger partial charge in [0.25, 0.3) is 0 Å². The average molecular weight is 468 g/mol. The van der Waals surface area contributed by atoms with Crippen molar-refractivity contribution < 1.29 is 27.7 Å². The van der Waals surface area contributed by atoms with Crippen molar-refractivity contribution in [3.63, 3.8) is 0 Å². The lowest BCUT2D eigenvalue weighted by Gasteiger charge is -2.17. The third-order valence-electron chi connectivity index (χ3n) is 4.05. The predicted octanol–water partition coefficient (Wildman–Crippen LogP) is 2.13. The Morgan fingerprint density at radius 2 is 1.76 bits per heavy atom. The van der Waals surface area contributed by atoms with E-state index in [2.05, 4.69) is 15.2 Å². The van der Waals surface area contributed by atoms with Crippen LogP contribution in [0.2, 0.25) is 5.02 Å². The summed E-state index contributed by atoms with van der Waals surface area (Å²) in [6, 6.07) is 7.33. The first kappa shape index (κ1) is 25.8. The molecule has 0 aliphatic heterocycles. The highest BCUT2D eigenvalue weighted by atomic mass is 35.5. The SMILES string of the molecule is CCN(CC)CCS(=O)(=O)CCNc1ccnc2cc(Cl)ccc12.O=P(O)(O)O. The van der Waals surface area contributed by atoms with Crippen LogP contribution < -0.4 is 5.32 Å². The van der Waals surface area contributed by atoms with Crippen molar-refractivity contribution in [2.24, 2.45) is 0 Å². The number of rotatable bonds is 9. The quantitative estimate of drug-likeness (QED) is 0.408. The molecule has 0 unspecified atom stereocenters. The molecule has 164 valence electrons. The highest BCUT2D eigenvalue weighted by Gasteiger charge is 2.13. The summed E-state index contributed by atoms with van der Waals surface area (Å²) >= 11 is 5.98. The van der Waals surface area contributed by atoms with E-state index in [1.165, 1.54) is 0 Å². The highest BCUT2D eigenvalue weighted by Crippen LogP contribution is 2.26. The Hall–Kier alpha value is -1.26. The van der Waals surface area contributed by atoms with Gasteiger partial charge in [0.05, 0.1) is 17.0 Å². The largest absolute Gasteiger partial charge is 0.466 e. The summed E-state index contributed by atoms with van der Waals surface area (Å²) in [6.07, 6.45) is 1.69. The summed E-state index contributed by atoms with van der Waals surface area (Å²) < 4.78 is 33.2. The minimum Gasteiger partial charge on any atom is -0.383 e. The van der Waals surface area contributed by atoms with Crippen LogP contribution in [0.1, 0.15) is 13.8 Å². The number of hydrogen-bond acceptors (Lipinski definition) is 6. The Labute approximate surface area is 175 Å². The van der Waals surface area contributed by atoms with E-state index in [1.807, 2.05) is 26.0 Å². The third-order valence-corrected chi connectivity index (χ3v) is 5.91. The summed E-state index contributed by atoms with van der Waals surface area (Å²) in [6.45, 7) is 6.79. The van der Waals surface area contributed by atoms with Crippen molar-refractivity contribution in [1.29, 1.82) is 0 Å². The zero-order chi connectivity index (χ0) is 22.1. The van der Waals surface area contributed by atoms with Crippen molar-refractivity contribution in [3.05, 3.63) is 35.5 Å². The number of pyridine rings is 1. The van der Waals surface area contributed by atoms with Gasteiger partial charge in [-0.2, -0.15) is 0 Å². The number of sulfone groups is 1. The van der Waals surface area contributed by atoms with E-state index in [1.54, 1.807) is 18.3 Å². The lowest BCUT2D eigenvalue weighted by molar-refractivity contribution is 0.275.